The molecule has 1 aromatic carbocycles. The van der Waals surface area contributed by atoms with E-state index in [1.165, 1.54) is 16.8 Å². The van der Waals surface area contributed by atoms with Gasteiger partial charge in [0.25, 0.3) is 0 Å². The number of benzene rings is 1. The van der Waals surface area contributed by atoms with Crippen LogP contribution >= 0.6 is 0 Å². The number of hydrogen-bond donors (Lipinski definition) is 0. The number of hydrogen-bond acceptors (Lipinski definition) is 4. The third-order valence-corrected chi connectivity index (χ3v) is 7.99. The number of halogens is 3. The van der Waals surface area contributed by atoms with Crippen LogP contribution in [-0.2, 0) is 19.8 Å². The molecule has 0 spiro atoms. The van der Waals surface area contributed by atoms with Gasteiger partial charge in [0, 0.05) is 45.0 Å². The molecule has 4 aromatic rings. The zero-order chi connectivity index (χ0) is 26.8. The molecule has 1 atom stereocenters. The van der Waals surface area contributed by atoms with Crippen LogP contribution in [-0.4, -0.2) is 41.7 Å². The van der Waals surface area contributed by atoms with Crippen LogP contribution in [0.5, 0.6) is 0 Å². The summed E-state index contributed by atoms with van der Waals surface area (Å²) in [4.78, 5) is 15.6. The summed E-state index contributed by atoms with van der Waals surface area (Å²) >= 11 is 0. The first kappa shape index (κ1) is 24.9. The standard InChI is InChI=1S/C28H31F3N6O/c1-27(2)15-35(16-27)12-18-10-22(28(29,30)31)23-14-36(26(38)37(23)13-18)21-9-5-8-20(11-21)24(19-6-4-7-19)25-33-32-17-34(25)3/h5,8-11,13-14,17,19,24H,4,6-7,12,15-16H2,1-3H3/t24-/m1/s1. The molecular formula is C28H31F3N6O. The lowest BCUT2D eigenvalue weighted by molar-refractivity contribution is -0.136. The molecule has 0 bridgehead atoms. The van der Waals surface area contributed by atoms with Gasteiger partial charge in [0.1, 0.15) is 12.2 Å². The molecule has 38 heavy (non-hydrogen) atoms. The number of fused-ring (bicyclic) bond motifs is 1. The van der Waals surface area contributed by atoms with E-state index in [9.17, 15) is 18.0 Å². The Morgan fingerprint density at radius 2 is 1.89 bits per heavy atom. The molecule has 7 nitrogen and oxygen atoms in total. The number of rotatable bonds is 6. The maximum absolute atomic E-state index is 14.1. The SMILES string of the molecule is Cn1cnnc1[C@@H](c1cccc(-n2cc3c(C(F)(F)F)cc(CN4CC(C)(C)C4)cn3c2=O)c1)C1CCC1. The molecule has 1 saturated heterocycles. The van der Waals surface area contributed by atoms with E-state index in [1.807, 2.05) is 29.8 Å². The molecule has 4 heterocycles. The van der Waals surface area contributed by atoms with Gasteiger partial charge in [-0.05, 0) is 53.5 Å². The molecule has 0 amide bonds. The lowest BCUT2D eigenvalue weighted by atomic mass is 9.72. The maximum atomic E-state index is 14.1. The Balaban J connectivity index is 1.43. The molecule has 0 unspecified atom stereocenters. The van der Waals surface area contributed by atoms with Gasteiger partial charge < -0.3 is 4.57 Å². The number of nitrogens with zero attached hydrogens (tertiary/aromatic N) is 6. The van der Waals surface area contributed by atoms with E-state index in [-0.39, 0.29) is 16.8 Å². The first-order valence-corrected chi connectivity index (χ1v) is 13.0. The van der Waals surface area contributed by atoms with Gasteiger partial charge >= 0.3 is 11.9 Å². The minimum atomic E-state index is -4.59. The van der Waals surface area contributed by atoms with Crippen LogP contribution in [0.1, 0.15) is 61.5 Å². The molecule has 6 rings (SSSR count). The van der Waals surface area contributed by atoms with Gasteiger partial charge in [-0.1, -0.05) is 32.4 Å². The van der Waals surface area contributed by atoms with Gasteiger partial charge in [-0.15, -0.1) is 10.2 Å². The van der Waals surface area contributed by atoms with Crippen LogP contribution in [0.4, 0.5) is 13.2 Å². The zero-order valence-corrected chi connectivity index (χ0v) is 21.7. The van der Waals surface area contributed by atoms with E-state index in [4.69, 9.17) is 0 Å². The fraction of sp³-hybridized carbons (Fsp3) is 0.464. The van der Waals surface area contributed by atoms with Gasteiger partial charge in [0.2, 0.25) is 0 Å². The Kier molecular flexibility index (Phi) is 5.79. The number of aryl methyl sites for hydroxylation is 1. The molecule has 1 aliphatic heterocycles. The number of aromatic nitrogens is 5. The Hall–Kier alpha value is -3.40. The van der Waals surface area contributed by atoms with Gasteiger partial charge in [0.05, 0.1) is 16.8 Å². The van der Waals surface area contributed by atoms with Crippen LogP contribution in [0.25, 0.3) is 11.2 Å². The Morgan fingerprint density at radius 1 is 1.13 bits per heavy atom. The van der Waals surface area contributed by atoms with Crippen molar-refractivity contribution < 1.29 is 13.2 Å². The molecule has 2 aliphatic rings. The molecule has 2 fully saturated rings. The average molecular weight is 525 g/mol. The van der Waals surface area contributed by atoms with E-state index in [0.717, 1.165) is 48.1 Å². The summed E-state index contributed by atoms with van der Waals surface area (Å²) in [7, 11) is 1.91. The maximum Gasteiger partial charge on any atom is 0.418 e. The van der Waals surface area contributed by atoms with Crippen LogP contribution in [0.3, 0.4) is 0 Å². The first-order chi connectivity index (χ1) is 18.0. The fourth-order valence-electron chi connectivity index (χ4n) is 6.13. The normalized spacial score (nSPS) is 18.9. The smallest absolute Gasteiger partial charge is 0.320 e. The topological polar surface area (TPSA) is 60.4 Å². The minimum absolute atomic E-state index is 0.00190. The van der Waals surface area contributed by atoms with E-state index in [1.54, 1.807) is 18.6 Å². The summed E-state index contributed by atoms with van der Waals surface area (Å²) in [5.74, 6) is 1.25. The third kappa shape index (κ3) is 4.34. The van der Waals surface area contributed by atoms with Gasteiger partial charge in [-0.25, -0.2) is 4.79 Å². The van der Waals surface area contributed by atoms with Crippen molar-refractivity contribution in [3.8, 4) is 5.69 Å². The van der Waals surface area contributed by atoms with Crippen LogP contribution in [0.15, 0.2) is 53.8 Å². The van der Waals surface area contributed by atoms with E-state index >= 15 is 0 Å². The number of imidazole rings is 1. The summed E-state index contributed by atoms with van der Waals surface area (Å²) in [5, 5.41) is 8.41. The number of alkyl halides is 3. The quantitative estimate of drug-likeness (QED) is 0.356. The molecule has 0 radical (unpaired) electrons. The second kappa shape index (κ2) is 8.83. The Morgan fingerprint density at radius 3 is 2.50 bits per heavy atom. The van der Waals surface area contributed by atoms with Crippen molar-refractivity contribution >= 4 is 5.52 Å². The largest absolute Gasteiger partial charge is 0.418 e. The second-order valence-electron chi connectivity index (χ2n) is 11.7. The van der Waals surface area contributed by atoms with Crippen molar-refractivity contribution in [3.05, 3.63) is 82.1 Å². The van der Waals surface area contributed by atoms with E-state index in [0.29, 0.717) is 23.7 Å². The fourth-order valence-corrected chi connectivity index (χ4v) is 6.13. The molecule has 1 aliphatic carbocycles. The van der Waals surface area contributed by atoms with Gasteiger partial charge in [-0.3, -0.25) is 13.9 Å². The Labute approximate surface area is 218 Å². The third-order valence-electron chi connectivity index (χ3n) is 7.99. The highest BCUT2D eigenvalue weighted by atomic mass is 19.4. The Bertz CT molecular complexity index is 1550. The first-order valence-electron chi connectivity index (χ1n) is 13.0. The summed E-state index contributed by atoms with van der Waals surface area (Å²) in [6.07, 6.45) is 3.24. The molecule has 10 heteroatoms. The van der Waals surface area contributed by atoms with Crippen molar-refractivity contribution in [2.24, 2.45) is 18.4 Å². The summed E-state index contributed by atoms with van der Waals surface area (Å²) < 4.78 is 46.8. The minimum Gasteiger partial charge on any atom is -0.320 e. The van der Waals surface area contributed by atoms with E-state index in [2.05, 4.69) is 28.9 Å². The summed E-state index contributed by atoms with van der Waals surface area (Å²) in [6.45, 7) is 6.25. The highest BCUT2D eigenvalue weighted by Gasteiger charge is 2.37. The highest BCUT2D eigenvalue weighted by Crippen LogP contribution is 2.43. The van der Waals surface area contributed by atoms with Crippen molar-refractivity contribution in [3.63, 3.8) is 0 Å². The number of pyridine rings is 1. The van der Waals surface area contributed by atoms with Crippen molar-refractivity contribution in [1.29, 1.82) is 0 Å². The number of likely N-dealkylation sites (tertiary alicyclic amines) is 1. The van der Waals surface area contributed by atoms with Crippen molar-refractivity contribution in [2.45, 2.75) is 51.7 Å². The van der Waals surface area contributed by atoms with Gasteiger partial charge in [-0.2, -0.15) is 13.2 Å². The molecule has 200 valence electrons. The predicted molar refractivity (Wildman–Crippen MR) is 137 cm³/mol. The lowest BCUT2D eigenvalue weighted by Gasteiger charge is -2.46. The van der Waals surface area contributed by atoms with Crippen LogP contribution < -0.4 is 5.69 Å². The monoisotopic (exact) mass is 524 g/mol. The molecule has 3 aromatic heterocycles. The van der Waals surface area contributed by atoms with Crippen LogP contribution in [0.2, 0.25) is 0 Å². The van der Waals surface area contributed by atoms with Gasteiger partial charge in [0.15, 0.2) is 0 Å². The highest BCUT2D eigenvalue weighted by molar-refractivity contribution is 5.58. The van der Waals surface area contributed by atoms with Crippen molar-refractivity contribution in [1.82, 2.24) is 28.6 Å². The van der Waals surface area contributed by atoms with E-state index < -0.39 is 17.4 Å². The second-order valence-corrected chi connectivity index (χ2v) is 11.7. The van der Waals surface area contributed by atoms with Crippen molar-refractivity contribution in [2.75, 3.05) is 13.1 Å². The predicted octanol–water partition coefficient (Wildman–Crippen LogP) is 5.01. The average Bonchev–Trinajstić information content (AvgIpc) is 3.37. The summed E-state index contributed by atoms with van der Waals surface area (Å²) in [5.41, 5.74) is 0.667. The van der Waals surface area contributed by atoms with Crippen LogP contribution in [0, 0.1) is 11.3 Å². The zero-order valence-electron chi connectivity index (χ0n) is 21.7. The molecule has 1 saturated carbocycles. The molecule has 0 N–H and O–H groups in total. The lowest BCUT2D eigenvalue weighted by Crippen LogP contribution is -2.52. The molecular weight excluding hydrogens is 493 g/mol. The summed E-state index contributed by atoms with van der Waals surface area (Å²) in [6, 6.07) is 8.69.